The second-order valence-electron chi connectivity index (χ2n) is 4.25. The molecular weight excluding hydrogens is 188 g/mol. The van der Waals surface area contributed by atoms with Crippen LogP contribution in [0.1, 0.15) is 46.0 Å². The van der Waals surface area contributed by atoms with Crippen LogP contribution in [0.15, 0.2) is 4.99 Å². The number of nitrogens with zero attached hydrogens (tertiary/aromatic N) is 1. The summed E-state index contributed by atoms with van der Waals surface area (Å²) in [6.07, 6.45) is 6.47. The monoisotopic (exact) mass is 212 g/mol. The van der Waals surface area contributed by atoms with Crippen molar-refractivity contribution in [1.82, 2.24) is 10.7 Å². The van der Waals surface area contributed by atoms with Crippen LogP contribution >= 0.6 is 0 Å². The maximum Gasteiger partial charge on any atom is 0.205 e. The summed E-state index contributed by atoms with van der Waals surface area (Å²) in [6, 6.07) is 0.546. The zero-order chi connectivity index (χ0) is 11.1. The van der Waals surface area contributed by atoms with Crippen molar-refractivity contribution in [2.24, 2.45) is 16.8 Å². The van der Waals surface area contributed by atoms with Crippen LogP contribution in [0.2, 0.25) is 0 Å². The van der Waals surface area contributed by atoms with Crippen molar-refractivity contribution in [2.45, 2.75) is 52.0 Å². The van der Waals surface area contributed by atoms with E-state index < -0.39 is 0 Å². The van der Waals surface area contributed by atoms with Crippen LogP contribution in [0, 0.1) is 5.92 Å². The molecule has 15 heavy (non-hydrogen) atoms. The zero-order valence-corrected chi connectivity index (χ0v) is 9.92. The van der Waals surface area contributed by atoms with Crippen molar-refractivity contribution >= 4 is 5.96 Å². The third-order valence-electron chi connectivity index (χ3n) is 3.15. The highest BCUT2D eigenvalue weighted by atomic mass is 15.3. The Hall–Kier alpha value is -0.770. The van der Waals surface area contributed by atoms with E-state index in [0.717, 1.165) is 18.4 Å². The van der Waals surface area contributed by atoms with Crippen LogP contribution < -0.4 is 16.6 Å². The molecule has 0 aliphatic heterocycles. The first kappa shape index (κ1) is 12.3. The Morgan fingerprint density at radius 1 is 1.40 bits per heavy atom. The molecule has 0 bridgehead atoms. The van der Waals surface area contributed by atoms with Gasteiger partial charge in [-0.15, -0.1) is 0 Å². The normalized spacial score (nSPS) is 27.5. The Labute approximate surface area is 92.7 Å². The molecule has 1 rings (SSSR count). The minimum Gasteiger partial charge on any atom is -0.353 e. The summed E-state index contributed by atoms with van der Waals surface area (Å²) >= 11 is 0. The Kier molecular flexibility index (Phi) is 5.47. The summed E-state index contributed by atoms with van der Waals surface area (Å²) < 4.78 is 0. The Morgan fingerprint density at radius 3 is 2.80 bits per heavy atom. The van der Waals surface area contributed by atoms with Crippen molar-refractivity contribution in [3.63, 3.8) is 0 Å². The number of guanidine groups is 1. The lowest BCUT2D eigenvalue weighted by molar-refractivity contribution is 0.298. The van der Waals surface area contributed by atoms with Gasteiger partial charge < -0.3 is 5.32 Å². The van der Waals surface area contributed by atoms with E-state index >= 15 is 0 Å². The summed E-state index contributed by atoms with van der Waals surface area (Å²) in [5.74, 6) is 7.01. The summed E-state index contributed by atoms with van der Waals surface area (Å²) in [4.78, 5) is 4.26. The Bertz CT molecular complexity index is 203. The second kappa shape index (κ2) is 6.67. The van der Waals surface area contributed by atoms with Crippen LogP contribution in [-0.4, -0.2) is 18.5 Å². The zero-order valence-electron chi connectivity index (χ0n) is 9.92. The van der Waals surface area contributed by atoms with Crippen LogP contribution in [0.5, 0.6) is 0 Å². The fourth-order valence-electron chi connectivity index (χ4n) is 2.28. The maximum absolute atomic E-state index is 5.40. The highest BCUT2D eigenvalue weighted by molar-refractivity contribution is 5.79. The van der Waals surface area contributed by atoms with Crippen molar-refractivity contribution < 1.29 is 0 Å². The fraction of sp³-hybridized carbons (Fsp3) is 0.909. The van der Waals surface area contributed by atoms with Gasteiger partial charge in [-0.05, 0) is 25.7 Å². The molecule has 1 aliphatic carbocycles. The quantitative estimate of drug-likeness (QED) is 0.287. The highest BCUT2D eigenvalue weighted by Gasteiger charge is 2.21. The molecule has 4 nitrogen and oxygen atoms in total. The Morgan fingerprint density at radius 2 is 2.20 bits per heavy atom. The number of hydrogen-bond acceptors (Lipinski definition) is 2. The van der Waals surface area contributed by atoms with E-state index in [9.17, 15) is 0 Å². The van der Waals surface area contributed by atoms with Crippen LogP contribution in [-0.2, 0) is 0 Å². The molecule has 0 heterocycles. The molecule has 0 saturated heterocycles. The summed E-state index contributed by atoms with van der Waals surface area (Å²) in [6.45, 7) is 5.04. The van der Waals surface area contributed by atoms with E-state index in [4.69, 9.17) is 5.84 Å². The average Bonchev–Trinajstić information content (AvgIpc) is 2.29. The summed E-state index contributed by atoms with van der Waals surface area (Å²) in [7, 11) is 0. The number of nitrogens with one attached hydrogen (secondary N) is 2. The molecule has 2 atom stereocenters. The van der Waals surface area contributed by atoms with Gasteiger partial charge in [0.25, 0.3) is 0 Å². The van der Waals surface area contributed by atoms with Crippen LogP contribution in [0.3, 0.4) is 0 Å². The van der Waals surface area contributed by atoms with Gasteiger partial charge in [-0.3, -0.25) is 10.4 Å². The van der Waals surface area contributed by atoms with Gasteiger partial charge in [0.2, 0.25) is 5.96 Å². The molecule has 1 aliphatic rings. The predicted molar refractivity (Wildman–Crippen MR) is 64.5 cm³/mol. The van der Waals surface area contributed by atoms with Gasteiger partial charge in [-0.25, -0.2) is 5.84 Å². The van der Waals surface area contributed by atoms with Crippen molar-refractivity contribution in [2.75, 3.05) is 6.54 Å². The van der Waals surface area contributed by atoms with Gasteiger partial charge in [-0.2, -0.15) is 0 Å². The van der Waals surface area contributed by atoms with E-state index in [1.807, 2.05) is 6.92 Å². The van der Waals surface area contributed by atoms with Crippen LogP contribution in [0.4, 0.5) is 0 Å². The van der Waals surface area contributed by atoms with E-state index in [1.165, 1.54) is 32.1 Å². The standard InChI is InChI=1S/C11H24N4/c1-3-9-6-5-7-10(8-9)14-11(15-12)13-4-2/h9-10H,3-8,12H2,1-2H3,(H2,13,14,15). The minimum atomic E-state index is 0.546. The van der Waals surface area contributed by atoms with Crippen molar-refractivity contribution in [3.8, 4) is 0 Å². The predicted octanol–water partition coefficient (Wildman–Crippen LogP) is 1.38. The molecular formula is C11H24N4. The molecule has 4 heteroatoms. The van der Waals surface area contributed by atoms with Gasteiger partial charge in [0.05, 0.1) is 0 Å². The van der Waals surface area contributed by atoms with Gasteiger partial charge in [0.15, 0.2) is 0 Å². The molecule has 0 aromatic carbocycles. The highest BCUT2D eigenvalue weighted by Crippen LogP contribution is 2.26. The van der Waals surface area contributed by atoms with Crippen molar-refractivity contribution in [1.29, 1.82) is 0 Å². The van der Waals surface area contributed by atoms with Gasteiger partial charge in [0, 0.05) is 12.6 Å². The van der Waals surface area contributed by atoms with Gasteiger partial charge in [-0.1, -0.05) is 26.2 Å². The maximum atomic E-state index is 5.40. The first-order valence-corrected chi connectivity index (χ1v) is 6.07. The van der Waals surface area contributed by atoms with Crippen LogP contribution in [0.25, 0.3) is 0 Å². The Balaban J connectivity index is 2.39. The lowest BCUT2D eigenvalue weighted by Crippen LogP contribution is -2.47. The average molecular weight is 212 g/mol. The number of hydrogen-bond donors (Lipinski definition) is 3. The molecule has 0 aromatic heterocycles. The van der Waals surface area contributed by atoms with E-state index in [0.29, 0.717) is 6.04 Å². The van der Waals surface area contributed by atoms with Gasteiger partial charge in [0.1, 0.15) is 0 Å². The third-order valence-corrected chi connectivity index (χ3v) is 3.15. The minimum absolute atomic E-state index is 0.546. The molecule has 88 valence electrons. The molecule has 0 amide bonds. The first-order chi connectivity index (χ1) is 7.30. The lowest BCUT2D eigenvalue weighted by Gasteiger charge is -2.29. The smallest absolute Gasteiger partial charge is 0.205 e. The number of nitrogens with two attached hydrogens (primary N) is 1. The third kappa shape index (κ3) is 4.08. The van der Waals surface area contributed by atoms with E-state index in [2.05, 4.69) is 22.7 Å². The number of aliphatic imine (C=N–C) groups is 1. The molecule has 1 saturated carbocycles. The molecule has 1 fully saturated rings. The summed E-state index contributed by atoms with van der Waals surface area (Å²) in [5.41, 5.74) is 2.62. The van der Waals surface area contributed by atoms with E-state index in [1.54, 1.807) is 0 Å². The summed E-state index contributed by atoms with van der Waals surface area (Å²) in [5, 5.41) is 3.38. The van der Waals surface area contributed by atoms with E-state index in [-0.39, 0.29) is 0 Å². The number of hydrazine groups is 1. The molecule has 0 spiro atoms. The first-order valence-electron chi connectivity index (χ1n) is 6.07. The molecule has 2 unspecified atom stereocenters. The topological polar surface area (TPSA) is 62.4 Å². The fourth-order valence-corrected chi connectivity index (χ4v) is 2.28. The number of rotatable bonds is 3. The molecule has 0 aromatic rings. The van der Waals surface area contributed by atoms with Gasteiger partial charge >= 0.3 is 0 Å². The molecule has 0 radical (unpaired) electrons. The second-order valence-corrected chi connectivity index (χ2v) is 4.25. The lowest BCUT2D eigenvalue weighted by atomic mass is 9.84. The molecule has 4 N–H and O–H groups in total. The van der Waals surface area contributed by atoms with Crippen molar-refractivity contribution in [3.05, 3.63) is 0 Å². The largest absolute Gasteiger partial charge is 0.353 e. The SMILES string of the molecule is CCN=C(NN)NC1CCCC(CC)C1.